The summed E-state index contributed by atoms with van der Waals surface area (Å²) in [6.45, 7) is 16.5. The zero-order valence-electron chi connectivity index (χ0n) is 28.1. The summed E-state index contributed by atoms with van der Waals surface area (Å²) < 4.78 is 12.8. The summed E-state index contributed by atoms with van der Waals surface area (Å²) in [4.78, 5) is 0. The summed E-state index contributed by atoms with van der Waals surface area (Å²) in [6, 6.07) is 37.9. The molecule has 0 aliphatic carbocycles. The fourth-order valence-corrected chi connectivity index (χ4v) is 6.12. The van der Waals surface area contributed by atoms with Crippen LogP contribution in [0, 0.1) is 0 Å². The van der Waals surface area contributed by atoms with Gasteiger partial charge in [0.1, 0.15) is 12.4 Å². The van der Waals surface area contributed by atoms with Crippen molar-refractivity contribution in [3.63, 3.8) is 0 Å². The van der Waals surface area contributed by atoms with Crippen molar-refractivity contribution in [3.05, 3.63) is 126 Å². The second-order valence-corrected chi connectivity index (χ2v) is 14.2. The number of aromatic hydroxyl groups is 1. The highest BCUT2D eigenvalue weighted by Gasteiger charge is 2.24. The molecular weight excluding hydrogens is 564 g/mol. The van der Waals surface area contributed by atoms with E-state index in [1.807, 2.05) is 55.5 Å². The molecule has 0 fully saturated rings. The van der Waals surface area contributed by atoms with E-state index in [4.69, 9.17) is 9.47 Å². The molecule has 234 valence electrons. The van der Waals surface area contributed by atoms with E-state index < -0.39 is 0 Å². The van der Waals surface area contributed by atoms with Crippen LogP contribution >= 0.6 is 0 Å². The van der Waals surface area contributed by atoms with Crippen LogP contribution in [-0.4, -0.2) is 11.7 Å². The molecular formula is C43H44O3. The van der Waals surface area contributed by atoms with Crippen molar-refractivity contribution >= 4 is 21.5 Å². The molecule has 0 heterocycles. The lowest BCUT2D eigenvalue weighted by Gasteiger charge is -2.26. The molecule has 0 aromatic heterocycles. The molecule has 0 aliphatic rings. The van der Waals surface area contributed by atoms with Gasteiger partial charge in [-0.3, -0.25) is 0 Å². The summed E-state index contributed by atoms with van der Waals surface area (Å²) in [6.07, 6.45) is 0. The molecule has 1 N–H and O–H groups in total. The van der Waals surface area contributed by atoms with E-state index in [-0.39, 0.29) is 16.6 Å². The van der Waals surface area contributed by atoms with Gasteiger partial charge >= 0.3 is 0 Å². The second kappa shape index (κ2) is 12.2. The minimum Gasteiger partial charge on any atom is -0.504 e. The Morgan fingerprint density at radius 2 is 1.20 bits per heavy atom. The molecule has 3 nitrogen and oxygen atoms in total. The molecule has 0 saturated heterocycles. The zero-order chi connectivity index (χ0) is 32.6. The van der Waals surface area contributed by atoms with Crippen molar-refractivity contribution in [2.24, 2.45) is 0 Å². The van der Waals surface area contributed by atoms with Crippen molar-refractivity contribution in [1.82, 2.24) is 0 Å². The van der Waals surface area contributed by atoms with Gasteiger partial charge < -0.3 is 14.6 Å². The Kier molecular flexibility index (Phi) is 8.29. The van der Waals surface area contributed by atoms with Gasteiger partial charge in [-0.2, -0.15) is 0 Å². The summed E-state index contributed by atoms with van der Waals surface area (Å²) >= 11 is 0. The molecule has 6 aromatic rings. The topological polar surface area (TPSA) is 38.7 Å². The average Bonchev–Trinajstić information content (AvgIpc) is 3.03. The van der Waals surface area contributed by atoms with Gasteiger partial charge in [-0.25, -0.2) is 0 Å². The highest BCUT2D eigenvalue weighted by Crippen LogP contribution is 2.50. The number of hydrogen-bond donors (Lipinski definition) is 1. The Morgan fingerprint density at radius 3 is 1.87 bits per heavy atom. The van der Waals surface area contributed by atoms with E-state index in [0.717, 1.165) is 44.0 Å². The maximum absolute atomic E-state index is 11.4. The van der Waals surface area contributed by atoms with E-state index in [9.17, 15) is 5.11 Å². The minimum atomic E-state index is 0.0267. The van der Waals surface area contributed by atoms with Crippen LogP contribution in [0.4, 0.5) is 0 Å². The lowest BCUT2D eigenvalue weighted by Crippen LogP contribution is -2.16. The smallest absolute Gasteiger partial charge is 0.170 e. The molecule has 6 aromatic carbocycles. The van der Waals surface area contributed by atoms with E-state index in [2.05, 4.69) is 96.1 Å². The van der Waals surface area contributed by atoms with Gasteiger partial charge in [-0.05, 0) is 85.3 Å². The van der Waals surface area contributed by atoms with Crippen LogP contribution in [0.25, 0.3) is 43.8 Å². The molecule has 0 aliphatic heterocycles. The number of benzene rings is 6. The van der Waals surface area contributed by atoms with Crippen LogP contribution in [0.2, 0.25) is 0 Å². The van der Waals surface area contributed by atoms with Crippen molar-refractivity contribution in [3.8, 4) is 39.5 Å². The number of fused-ring (bicyclic) bond motifs is 2. The highest BCUT2D eigenvalue weighted by molar-refractivity contribution is 6.11. The lowest BCUT2D eigenvalue weighted by atomic mass is 9.79. The molecule has 46 heavy (non-hydrogen) atoms. The zero-order valence-corrected chi connectivity index (χ0v) is 28.1. The Labute approximate surface area is 273 Å². The third kappa shape index (κ3) is 6.20. The van der Waals surface area contributed by atoms with Gasteiger partial charge in [0.2, 0.25) is 0 Å². The fourth-order valence-electron chi connectivity index (χ4n) is 6.12. The van der Waals surface area contributed by atoms with Gasteiger partial charge in [0.15, 0.2) is 11.5 Å². The monoisotopic (exact) mass is 608 g/mol. The minimum absolute atomic E-state index is 0.0267. The summed E-state index contributed by atoms with van der Waals surface area (Å²) in [5.74, 6) is 1.31. The molecule has 0 amide bonds. The first-order chi connectivity index (χ1) is 21.9. The Morgan fingerprint density at radius 1 is 0.565 bits per heavy atom. The van der Waals surface area contributed by atoms with Crippen LogP contribution in [0.3, 0.4) is 0 Å². The van der Waals surface area contributed by atoms with E-state index in [1.165, 1.54) is 22.3 Å². The largest absolute Gasteiger partial charge is 0.504 e. The Bertz CT molecular complexity index is 1990. The van der Waals surface area contributed by atoms with E-state index in [1.54, 1.807) is 6.07 Å². The van der Waals surface area contributed by atoms with Gasteiger partial charge in [-0.1, -0.05) is 133 Å². The van der Waals surface area contributed by atoms with Gasteiger partial charge in [0.05, 0.1) is 6.61 Å². The number of rotatable bonds is 7. The van der Waals surface area contributed by atoms with Crippen molar-refractivity contribution in [2.45, 2.75) is 65.9 Å². The van der Waals surface area contributed by atoms with E-state index >= 15 is 0 Å². The molecule has 0 unspecified atom stereocenters. The van der Waals surface area contributed by atoms with Crippen LogP contribution in [-0.2, 0) is 17.4 Å². The van der Waals surface area contributed by atoms with Crippen LogP contribution in [0.5, 0.6) is 17.2 Å². The molecule has 6 rings (SSSR count). The standard InChI is InChI=1S/C43H44O3/c1-8-45-38-21-19-31-22-29(32-23-33(42(2,3)4)26-34(24-32)43(5,6)7)18-20-36(31)39(38)40-35-17-13-12-16-30(35)25-37(44)41(40)46-27-28-14-10-9-11-15-28/h9-26,44H,8,27H2,1-7H3. The first-order valence-corrected chi connectivity index (χ1v) is 16.2. The first-order valence-electron chi connectivity index (χ1n) is 16.2. The molecule has 0 bridgehead atoms. The Balaban J connectivity index is 1.59. The maximum atomic E-state index is 11.4. The van der Waals surface area contributed by atoms with E-state index in [0.29, 0.717) is 19.0 Å². The van der Waals surface area contributed by atoms with Crippen LogP contribution < -0.4 is 9.47 Å². The first kappa shape index (κ1) is 31.2. The summed E-state index contributed by atoms with van der Waals surface area (Å²) in [5.41, 5.74) is 7.86. The maximum Gasteiger partial charge on any atom is 0.170 e. The number of phenolic OH excluding ortho intramolecular Hbond substituents is 1. The normalized spacial score (nSPS) is 12.1. The fraction of sp³-hybridized carbons (Fsp3) is 0.256. The van der Waals surface area contributed by atoms with Gasteiger partial charge in [0, 0.05) is 11.1 Å². The number of phenols is 1. The summed E-state index contributed by atoms with van der Waals surface area (Å²) in [7, 11) is 0. The predicted octanol–water partition coefficient (Wildman–Crippen LogP) is 11.6. The Hall–Kier alpha value is -4.76. The predicted molar refractivity (Wildman–Crippen MR) is 193 cm³/mol. The average molecular weight is 609 g/mol. The van der Waals surface area contributed by atoms with Crippen molar-refractivity contribution in [2.75, 3.05) is 6.61 Å². The number of hydrogen-bond acceptors (Lipinski definition) is 3. The molecule has 3 heteroatoms. The molecule has 0 atom stereocenters. The third-order valence-electron chi connectivity index (χ3n) is 8.74. The third-order valence-corrected chi connectivity index (χ3v) is 8.74. The van der Waals surface area contributed by atoms with Crippen molar-refractivity contribution < 1.29 is 14.6 Å². The molecule has 0 saturated carbocycles. The highest BCUT2D eigenvalue weighted by atomic mass is 16.5. The van der Waals surface area contributed by atoms with Gasteiger partial charge in [-0.15, -0.1) is 0 Å². The quantitative estimate of drug-likeness (QED) is 0.196. The van der Waals surface area contributed by atoms with Gasteiger partial charge in [0.25, 0.3) is 0 Å². The van der Waals surface area contributed by atoms with Crippen LogP contribution in [0.1, 0.15) is 65.2 Å². The van der Waals surface area contributed by atoms with Crippen LogP contribution in [0.15, 0.2) is 109 Å². The molecule has 0 spiro atoms. The van der Waals surface area contributed by atoms with Crippen molar-refractivity contribution in [1.29, 1.82) is 0 Å². The molecule has 0 radical (unpaired) electrons. The number of ether oxygens (including phenoxy) is 2. The SMILES string of the molecule is CCOc1ccc2cc(-c3cc(C(C)(C)C)cc(C(C)(C)C)c3)ccc2c1-c1c(OCc2ccccc2)c(O)cc2ccccc12. The summed E-state index contributed by atoms with van der Waals surface area (Å²) in [5, 5.41) is 15.5. The lowest BCUT2D eigenvalue weighted by molar-refractivity contribution is 0.290. The second-order valence-electron chi connectivity index (χ2n) is 14.2.